The highest BCUT2D eigenvalue weighted by atomic mass is 79.9. The molecule has 3 aromatic rings. The van der Waals surface area contributed by atoms with Gasteiger partial charge in [0.15, 0.2) is 0 Å². The largest absolute Gasteiger partial charge is 0.245 e. The summed E-state index contributed by atoms with van der Waals surface area (Å²) in [6, 6.07) is 5.94. The molecule has 0 saturated carbocycles. The first-order chi connectivity index (χ1) is 10.1. The molecule has 0 aliphatic heterocycles. The highest BCUT2D eigenvalue weighted by Crippen LogP contribution is 2.39. The monoisotopic (exact) mass is 397 g/mol. The van der Waals surface area contributed by atoms with Gasteiger partial charge in [-0.3, -0.25) is 0 Å². The third-order valence-electron chi connectivity index (χ3n) is 2.62. The van der Waals surface area contributed by atoms with Crippen LogP contribution in [0.1, 0.15) is 5.69 Å². The second-order valence-electron chi connectivity index (χ2n) is 4.19. The van der Waals surface area contributed by atoms with Gasteiger partial charge in [-0.15, -0.1) is 11.3 Å². The lowest BCUT2D eigenvalue weighted by molar-refractivity contribution is 1.03. The van der Waals surface area contributed by atoms with Gasteiger partial charge in [-0.2, -0.15) is 0 Å². The van der Waals surface area contributed by atoms with Crippen molar-refractivity contribution in [2.45, 2.75) is 16.8 Å². The van der Waals surface area contributed by atoms with E-state index in [1.807, 2.05) is 30.5 Å². The topological polar surface area (TPSA) is 38.7 Å². The predicted octanol–water partition coefficient (Wildman–Crippen LogP) is 5.48. The molecule has 106 valence electrons. The Morgan fingerprint density at radius 1 is 1.24 bits per heavy atom. The van der Waals surface area contributed by atoms with Crippen LogP contribution in [-0.2, 0) is 0 Å². The average Bonchev–Trinajstić information content (AvgIpc) is 2.90. The lowest BCUT2D eigenvalue weighted by atomic mass is 10.2. The average molecular weight is 399 g/mol. The van der Waals surface area contributed by atoms with E-state index < -0.39 is 0 Å². The number of nitrogens with zero attached hydrogens (tertiary/aromatic N) is 3. The van der Waals surface area contributed by atoms with Gasteiger partial charge in [-0.05, 0) is 28.9 Å². The maximum atomic E-state index is 6.52. The molecule has 3 nitrogen and oxygen atoms in total. The number of hydrogen-bond donors (Lipinski definition) is 0. The van der Waals surface area contributed by atoms with Gasteiger partial charge < -0.3 is 0 Å². The van der Waals surface area contributed by atoms with Gasteiger partial charge in [-0.25, -0.2) is 15.0 Å². The molecule has 21 heavy (non-hydrogen) atoms. The van der Waals surface area contributed by atoms with Gasteiger partial charge >= 0.3 is 0 Å². The third kappa shape index (κ3) is 3.45. The zero-order valence-electron chi connectivity index (χ0n) is 10.9. The van der Waals surface area contributed by atoms with Gasteiger partial charge in [-0.1, -0.05) is 35.5 Å². The first-order valence-electron chi connectivity index (χ1n) is 6.00. The summed E-state index contributed by atoms with van der Waals surface area (Å²) in [6.45, 7) is 1.98. The first kappa shape index (κ1) is 15.0. The number of thiazole rings is 1. The second-order valence-corrected chi connectivity index (χ2v) is 7.30. The van der Waals surface area contributed by atoms with Crippen molar-refractivity contribution in [1.82, 2.24) is 15.0 Å². The molecule has 0 spiro atoms. The fourth-order valence-corrected chi connectivity index (χ4v) is 3.90. The Balaban J connectivity index is 1.95. The molecular weight excluding hydrogens is 390 g/mol. The van der Waals surface area contributed by atoms with E-state index >= 15 is 0 Å². The number of benzene rings is 1. The smallest absolute Gasteiger partial charge is 0.125 e. The van der Waals surface area contributed by atoms with Crippen LogP contribution in [0, 0.1) is 6.92 Å². The Bertz CT molecular complexity index is 774. The highest BCUT2D eigenvalue weighted by molar-refractivity contribution is 9.10. The van der Waals surface area contributed by atoms with Gasteiger partial charge in [0.25, 0.3) is 0 Å². The summed E-state index contributed by atoms with van der Waals surface area (Å²) in [5.41, 5.74) is 1.95. The van der Waals surface area contributed by atoms with E-state index in [1.165, 1.54) is 11.8 Å². The maximum absolute atomic E-state index is 6.52. The lowest BCUT2D eigenvalue weighted by Crippen LogP contribution is -1.86. The van der Waals surface area contributed by atoms with E-state index in [0.29, 0.717) is 9.63 Å². The molecule has 7 heteroatoms. The Labute approximate surface area is 144 Å². The quantitative estimate of drug-likeness (QED) is 0.586. The molecule has 3 rings (SSSR count). The van der Waals surface area contributed by atoms with Gasteiger partial charge in [0.1, 0.15) is 14.6 Å². The summed E-state index contributed by atoms with van der Waals surface area (Å²) in [4.78, 5) is 13.9. The molecule has 0 N–H and O–H groups in total. The van der Waals surface area contributed by atoms with E-state index in [4.69, 9.17) is 11.6 Å². The molecule has 0 radical (unpaired) electrons. The van der Waals surface area contributed by atoms with Crippen molar-refractivity contribution in [3.05, 3.63) is 51.3 Å². The van der Waals surface area contributed by atoms with Crippen LogP contribution in [0.15, 0.2) is 50.5 Å². The zero-order chi connectivity index (χ0) is 14.8. The lowest BCUT2D eigenvalue weighted by Gasteiger charge is -2.07. The maximum Gasteiger partial charge on any atom is 0.125 e. The standard InChI is InChI=1S/C14H9BrClN3S2/c1-8-7-20-14(19-8)9-3-2-4-10(13(9)16)21-12-6-17-11(15)5-18-12/h2-7H,1H3. The normalized spacial score (nSPS) is 10.8. The fraction of sp³-hybridized carbons (Fsp3) is 0.0714. The number of hydrogen-bond acceptors (Lipinski definition) is 5. The summed E-state index contributed by atoms with van der Waals surface area (Å²) >= 11 is 12.9. The van der Waals surface area contributed by atoms with Gasteiger partial charge in [0, 0.05) is 21.5 Å². The van der Waals surface area contributed by atoms with Crippen LogP contribution in [-0.4, -0.2) is 15.0 Å². The molecule has 0 atom stereocenters. The van der Waals surface area contributed by atoms with Crippen LogP contribution >= 0.6 is 50.6 Å². The highest BCUT2D eigenvalue weighted by Gasteiger charge is 2.12. The van der Waals surface area contributed by atoms with E-state index in [9.17, 15) is 0 Å². The molecule has 2 aromatic heterocycles. The summed E-state index contributed by atoms with van der Waals surface area (Å²) < 4.78 is 0.713. The van der Waals surface area contributed by atoms with Crippen molar-refractivity contribution in [3.8, 4) is 10.6 Å². The minimum Gasteiger partial charge on any atom is -0.245 e. The number of halogens is 2. The Hall–Kier alpha value is -0.950. The van der Waals surface area contributed by atoms with Gasteiger partial charge in [0.05, 0.1) is 17.4 Å². The van der Waals surface area contributed by atoms with Crippen LogP contribution < -0.4 is 0 Å². The van der Waals surface area contributed by atoms with Crippen LogP contribution in [0.5, 0.6) is 0 Å². The molecule has 0 fully saturated rings. The summed E-state index contributed by atoms with van der Waals surface area (Å²) in [6.07, 6.45) is 3.38. The van der Waals surface area contributed by atoms with Crippen LogP contribution in [0.25, 0.3) is 10.6 Å². The summed E-state index contributed by atoms with van der Waals surface area (Å²) in [7, 11) is 0. The number of aryl methyl sites for hydroxylation is 1. The number of rotatable bonds is 3. The first-order valence-corrected chi connectivity index (χ1v) is 8.86. The Kier molecular flexibility index (Phi) is 4.59. The van der Waals surface area contributed by atoms with Crippen molar-refractivity contribution in [2.75, 3.05) is 0 Å². The van der Waals surface area contributed by atoms with Crippen LogP contribution in [0.4, 0.5) is 0 Å². The zero-order valence-corrected chi connectivity index (χ0v) is 14.9. The molecule has 0 unspecified atom stereocenters. The van der Waals surface area contributed by atoms with E-state index in [-0.39, 0.29) is 0 Å². The minimum atomic E-state index is 0.696. The van der Waals surface area contributed by atoms with E-state index in [0.717, 1.165) is 26.2 Å². The fourth-order valence-electron chi connectivity index (χ4n) is 1.70. The molecule has 1 aromatic carbocycles. The number of aromatic nitrogens is 3. The molecule has 2 heterocycles. The summed E-state index contributed by atoms with van der Waals surface area (Å²) in [5.74, 6) is 0. The van der Waals surface area contributed by atoms with Crippen molar-refractivity contribution >= 4 is 50.6 Å². The molecule has 0 saturated heterocycles. The van der Waals surface area contributed by atoms with Gasteiger partial charge in [0.2, 0.25) is 0 Å². The second kappa shape index (κ2) is 6.44. The Morgan fingerprint density at radius 2 is 2.10 bits per heavy atom. The summed E-state index contributed by atoms with van der Waals surface area (Å²) in [5, 5.41) is 4.45. The van der Waals surface area contributed by atoms with Crippen LogP contribution in [0.3, 0.4) is 0 Å². The van der Waals surface area contributed by atoms with Crippen molar-refractivity contribution in [2.24, 2.45) is 0 Å². The van der Waals surface area contributed by atoms with Crippen molar-refractivity contribution in [1.29, 1.82) is 0 Å². The van der Waals surface area contributed by atoms with Crippen molar-refractivity contribution in [3.63, 3.8) is 0 Å². The van der Waals surface area contributed by atoms with Crippen LogP contribution in [0.2, 0.25) is 5.02 Å². The third-order valence-corrected chi connectivity index (χ3v) is 5.53. The van der Waals surface area contributed by atoms with E-state index in [2.05, 4.69) is 30.9 Å². The molecule has 0 bridgehead atoms. The molecule has 0 amide bonds. The SMILES string of the molecule is Cc1csc(-c2cccc(Sc3cnc(Br)cn3)c2Cl)n1. The molecule has 0 aliphatic carbocycles. The Morgan fingerprint density at radius 3 is 2.76 bits per heavy atom. The minimum absolute atomic E-state index is 0.696. The molecule has 0 aliphatic rings. The molecular formula is C14H9BrClN3S2. The predicted molar refractivity (Wildman–Crippen MR) is 91.2 cm³/mol. The van der Waals surface area contributed by atoms with Crippen molar-refractivity contribution < 1.29 is 0 Å². The van der Waals surface area contributed by atoms with E-state index in [1.54, 1.807) is 23.7 Å².